The molecule has 5 nitrogen and oxygen atoms in total. The molecule has 3 rings (SSSR count). The zero-order chi connectivity index (χ0) is 15.9. The average molecular weight is 349 g/mol. The molecule has 0 fully saturated rings. The zero-order valence-corrected chi connectivity index (χ0v) is 14.1. The van der Waals surface area contributed by atoms with Crippen molar-refractivity contribution in [1.29, 1.82) is 0 Å². The first-order valence-electron chi connectivity index (χ1n) is 7.28. The van der Waals surface area contributed by atoms with Gasteiger partial charge in [-0.05, 0) is 24.3 Å². The van der Waals surface area contributed by atoms with Crippen LogP contribution in [-0.2, 0) is 19.7 Å². The van der Waals surface area contributed by atoms with E-state index in [4.69, 9.17) is 16.3 Å². The van der Waals surface area contributed by atoms with Crippen molar-refractivity contribution in [3.8, 4) is 5.75 Å². The second-order valence-electron chi connectivity index (χ2n) is 4.95. The summed E-state index contributed by atoms with van der Waals surface area (Å²) in [6.07, 6.45) is 5.56. The molecule has 1 aromatic carbocycles. The van der Waals surface area contributed by atoms with Gasteiger partial charge in [-0.25, -0.2) is 9.97 Å². The molecule has 0 unspecified atom stereocenters. The van der Waals surface area contributed by atoms with Crippen LogP contribution in [0.25, 0.3) is 0 Å². The van der Waals surface area contributed by atoms with Gasteiger partial charge in [-0.3, -0.25) is 0 Å². The van der Waals surface area contributed by atoms with E-state index in [0.29, 0.717) is 11.6 Å². The van der Waals surface area contributed by atoms with Gasteiger partial charge in [0.15, 0.2) is 0 Å². The third kappa shape index (κ3) is 5.06. The van der Waals surface area contributed by atoms with E-state index < -0.39 is 0 Å². The number of benzene rings is 1. The smallest absolute Gasteiger partial charge is 0.140 e. The Kier molecular flexibility index (Phi) is 5.63. The molecule has 0 aliphatic rings. The van der Waals surface area contributed by atoms with Gasteiger partial charge in [0.1, 0.15) is 17.4 Å². The standard InChI is InChI=1S/C16H17ClN4OS/c17-13-1-3-15(4-2-13)22-10-16-20-14(11-23-16)9-18-5-7-21-8-6-19-12-21/h1-4,6,8,11-12,18H,5,7,9-10H2. The summed E-state index contributed by atoms with van der Waals surface area (Å²) in [7, 11) is 0. The van der Waals surface area contributed by atoms with Crippen molar-refractivity contribution < 1.29 is 4.74 Å². The Labute approximate surface area is 143 Å². The van der Waals surface area contributed by atoms with Gasteiger partial charge < -0.3 is 14.6 Å². The average Bonchev–Trinajstić information content (AvgIpc) is 3.23. The predicted molar refractivity (Wildman–Crippen MR) is 91.8 cm³/mol. The number of hydrogen-bond acceptors (Lipinski definition) is 5. The Balaban J connectivity index is 1.40. The Bertz CT molecular complexity index is 712. The fraction of sp³-hybridized carbons (Fsp3) is 0.250. The van der Waals surface area contributed by atoms with Crippen LogP contribution >= 0.6 is 22.9 Å². The molecule has 23 heavy (non-hydrogen) atoms. The molecule has 0 atom stereocenters. The van der Waals surface area contributed by atoms with E-state index in [9.17, 15) is 0 Å². The molecule has 120 valence electrons. The summed E-state index contributed by atoms with van der Waals surface area (Å²) < 4.78 is 7.73. The molecule has 0 amide bonds. The Morgan fingerprint density at radius 1 is 1.26 bits per heavy atom. The fourth-order valence-corrected chi connectivity index (χ4v) is 2.85. The molecule has 0 radical (unpaired) electrons. The second kappa shape index (κ2) is 8.10. The Morgan fingerprint density at radius 2 is 2.13 bits per heavy atom. The van der Waals surface area contributed by atoms with Crippen LogP contribution < -0.4 is 10.1 Å². The molecular weight excluding hydrogens is 332 g/mol. The summed E-state index contributed by atoms with van der Waals surface area (Å²) in [4.78, 5) is 8.58. The number of rotatable bonds is 8. The SMILES string of the molecule is Clc1ccc(OCc2nc(CNCCn3ccnc3)cs2)cc1. The van der Waals surface area contributed by atoms with Crippen molar-refractivity contribution in [1.82, 2.24) is 19.9 Å². The minimum atomic E-state index is 0.474. The van der Waals surface area contributed by atoms with E-state index >= 15 is 0 Å². The van der Waals surface area contributed by atoms with Crippen LogP contribution in [0.3, 0.4) is 0 Å². The van der Waals surface area contributed by atoms with Crippen molar-refractivity contribution in [2.75, 3.05) is 6.54 Å². The maximum absolute atomic E-state index is 5.85. The van der Waals surface area contributed by atoms with E-state index in [2.05, 4.69) is 20.7 Å². The van der Waals surface area contributed by atoms with Gasteiger partial charge in [0.25, 0.3) is 0 Å². The molecule has 0 spiro atoms. The summed E-state index contributed by atoms with van der Waals surface area (Å²) in [5, 5.41) is 7.10. The van der Waals surface area contributed by atoms with Crippen LogP contribution in [0.2, 0.25) is 5.02 Å². The highest BCUT2D eigenvalue weighted by molar-refractivity contribution is 7.09. The molecule has 3 aromatic rings. The number of hydrogen-bond donors (Lipinski definition) is 1. The van der Waals surface area contributed by atoms with Gasteiger partial charge in [0.2, 0.25) is 0 Å². The minimum Gasteiger partial charge on any atom is -0.486 e. The van der Waals surface area contributed by atoms with Crippen molar-refractivity contribution in [2.24, 2.45) is 0 Å². The molecular formula is C16H17ClN4OS. The van der Waals surface area contributed by atoms with Crippen LogP contribution in [0.4, 0.5) is 0 Å². The molecule has 0 saturated carbocycles. The van der Waals surface area contributed by atoms with E-state index in [1.165, 1.54) is 0 Å². The van der Waals surface area contributed by atoms with Gasteiger partial charge in [0.05, 0.1) is 12.0 Å². The first-order valence-corrected chi connectivity index (χ1v) is 8.53. The lowest BCUT2D eigenvalue weighted by Crippen LogP contribution is -2.19. The summed E-state index contributed by atoms with van der Waals surface area (Å²) in [6.45, 7) is 3.01. The maximum atomic E-state index is 5.85. The normalized spacial score (nSPS) is 10.8. The van der Waals surface area contributed by atoms with E-state index in [-0.39, 0.29) is 0 Å². The molecule has 2 aromatic heterocycles. The number of halogens is 1. The molecule has 2 heterocycles. The van der Waals surface area contributed by atoms with Crippen molar-refractivity contribution >= 4 is 22.9 Å². The van der Waals surface area contributed by atoms with E-state index in [1.54, 1.807) is 17.5 Å². The van der Waals surface area contributed by atoms with E-state index in [0.717, 1.165) is 36.1 Å². The number of nitrogens with one attached hydrogen (secondary N) is 1. The molecule has 0 aliphatic carbocycles. The first kappa shape index (κ1) is 16.0. The lowest BCUT2D eigenvalue weighted by atomic mass is 10.3. The summed E-state index contributed by atoms with van der Waals surface area (Å²) in [6, 6.07) is 7.34. The molecule has 7 heteroatoms. The van der Waals surface area contributed by atoms with Gasteiger partial charge in [-0.15, -0.1) is 11.3 Å². The highest BCUT2D eigenvalue weighted by Gasteiger charge is 2.03. The number of aromatic nitrogens is 3. The number of imidazole rings is 1. The lowest BCUT2D eigenvalue weighted by molar-refractivity contribution is 0.305. The molecule has 1 N–H and O–H groups in total. The van der Waals surface area contributed by atoms with Gasteiger partial charge in [0, 0.05) is 42.4 Å². The summed E-state index contributed by atoms with van der Waals surface area (Å²) in [5.41, 5.74) is 1.04. The van der Waals surface area contributed by atoms with E-state index in [1.807, 2.05) is 41.4 Å². The summed E-state index contributed by atoms with van der Waals surface area (Å²) in [5.74, 6) is 0.796. The van der Waals surface area contributed by atoms with Gasteiger partial charge in [-0.2, -0.15) is 0 Å². The van der Waals surface area contributed by atoms with Crippen LogP contribution in [0.1, 0.15) is 10.7 Å². The highest BCUT2D eigenvalue weighted by atomic mass is 35.5. The third-order valence-corrected chi connectivity index (χ3v) is 4.31. The quantitative estimate of drug-likeness (QED) is 0.634. The Hall–Kier alpha value is -1.89. The van der Waals surface area contributed by atoms with Gasteiger partial charge >= 0.3 is 0 Å². The van der Waals surface area contributed by atoms with Crippen LogP contribution in [0, 0.1) is 0 Å². The fourth-order valence-electron chi connectivity index (χ4n) is 2.02. The number of ether oxygens (including phenoxy) is 1. The number of thiazole rings is 1. The lowest BCUT2D eigenvalue weighted by Gasteiger charge is -2.04. The topological polar surface area (TPSA) is 52.0 Å². The zero-order valence-electron chi connectivity index (χ0n) is 12.5. The summed E-state index contributed by atoms with van der Waals surface area (Å²) >= 11 is 7.46. The van der Waals surface area contributed by atoms with Gasteiger partial charge in [-0.1, -0.05) is 11.6 Å². The maximum Gasteiger partial charge on any atom is 0.140 e. The van der Waals surface area contributed by atoms with Crippen LogP contribution in [0.15, 0.2) is 48.4 Å². The minimum absolute atomic E-state index is 0.474. The molecule has 0 aliphatic heterocycles. The van der Waals surface area contributed by atoms with Crippen LogP contribution in [-0.4, -0.2) is 21.1 Å². The Morgan fingerprint density at radius 3 is 2.91 bits per heavy atom. The molecule has 0 bridgehead atoms. The monoisotopic (exact) mass is 348 g/mol. The van der Waals surface area contributed by atoms with Crippen molar-refractivity contribution in [3.05, 3.63) is 64.1 Å². The van der Waals surface area contributed by atoms with Crippen molar-refractivity contribution in [3.63, 3.8) is 0 Å². The first-order chi connectivity index (χ1) is 11.3. The van der Waals surface area contributed by atoms with Crippen LogP contribution in [0.5, 0.6) is 5.75 Å². The molecule has 0 saturated heterocycles. The third-order valence-electron chi connectivity index (χ3n) is 3.19. The second-order valence-corrected chi connectivity index (χ2v) is 6.33. The number of nitrogens with zero attached hydrogens (tertiary/aromatic N) is 3. The largest absolute Gasteiger partial charge is 0.486 e. The highest BCUT2D eigenvalue weighted by Crippen LogP contribution is 2.18. The van der Waals surface area contributed by atoms with Crippen molar-refractivity contribution in [2.45, 2.75) is 19.7 Å². The predicted octanol–water partition coefficient (Wildman–Crippen LogP) is 3.36.